The average molecular weight is 254 g/mol. The van der Waals surface area contributed by atoms with Gasteiger partial charge in [0, 0.05) is 0 Å². The molecule has 0 saturated heterocycles. The van der Waals surface area contributed by atoms with Crippen LogP contribution in [0.1, 0.15) is 23.6 Å². The molecular weight excluding hydrogens is 236 g/mol. The van der Waals surface area contributed by atoms with Gasteiger partial charge in [-0.25, -0.2) is 4.79 Å². The number of carbonyl (C=O) groups is 1. The van der Waals surface area contributed by atoms with Crippen molar-refractivity contribution in [3.05, 3.63) is 71.8 Å². The molecule has 2 aromatic rings. The number of urea groups is 1. The highest BCUT2D eigenvalue weighted by Gasteiger charge is 2.12. The molecule has 0 aromatic heterocycles. The molecule has 19 heavy (non-hydrogen) atoms. The van der Waals surface area contributed by atoms with Gasteiger partial charge in [0.15, 0.2) is 0 Å². The summed E-state index contributed by atoms with van der Waals surface area (Å²) < 4.78 is 0. The Kier molecular flexibility index (Phi) is 4.56. The lowest BCUT2D eigenvalue weighted by molar-refractivity contribution is 0.244. The van der Waals surface area contributed by atoms with Crippen molar-refractivity contribution in [2.24, 2.45) is 5.73 Å². The van der Waals surface area contributed by atoms with Crippen molar-refractivity contribution in [2.75, 3.05) is 0 Å². The largest absolute Gasteiger partial charge is 0.352 e. The first-order valence-corrected chi connectivity index (χ1v) is 6.40. The molecule has 0 fully saturated rings. The lowest BCUT2D eigenvalue weighted by Crippen LogP contribution is -2.33. The number of primary amides is 1. The minimum atomic E-state index is -0.484. The van der Waals surface area contributed by atoms with Crippen molar-refractivity contribution in [1.29, 1.82) is 0 Å². The van der Waals surface area contributed by atoms with Crippen LogP contribution in [0.4, 0.5) is 4.79 Å². The highest BCUT2D eigenvalue weighted by atomic mass is 16.2. The molecule has 0 radical (unpaired) electrons. The zero-order chi connectivity index (χ0) is 13.5. The number of hydrogen-bond donors (Lipinski definition) is 2. The van der Waals surface area contributed by atoms with Crippen LogP contribution in [0.15, 0.2) is 60.7 Å². The molecule has 0 aliphatic rings. The normalized spacial score (nSPS) is 11.8. The van der Waals surface area contributed by atoms with Gasteiger partial charge in [-0.15, -0.1) is 0 Å². The van der Waals surface area contributed by atoms with Crippen LogP contribution in [-0.2, 0) is 6.42 Å². The van der Waals surface area contributed by atoms with Gasteiger partial charge in [0.25, 0.3) is 0 Å². The molecule has 2 rings (SSSR count). The number of aryl methyl sites for hydroxylation is 1. The second-order valence-electron chi connectivity index (χ2n) is 4.50. The Labute approximate surface area is 113 Å². The van der Waals surface area contributed by atoms with Crippen molar-refractivity contribution in [3.63, 3.8) is 0 Å². The second kappa shape index (κ2) is 6.59. The molecule has 3 nitrogen and oxygen atoms in total. The highest BCUT2D eigenvalue weighted by Crippen LogP contribution is 2.18. The van der Waals surface area contributed by atoms with Crippen LogP contribution in [0.5, 0.6) is 0 Å². The van der Waals surface area contributed by atoms with E-state index in [2.05, 4.69) is 17.4 Å². The topological polar surface area (TPSA) is 55.1 Å². The van der Waals surface area contributed by atoms with Crippen LogP contribution in [0.2, 0.25) is 0 Å². The summed E-state index contributed by atoms with van der Waals surface area (Å²) in [6.45, 7) is 0. The summed E-state index contributed by atoms with van der Waals surface area (Å²) in [7, 11) is 0. The predicted molar refractivity (Wildman–Crippen MR) is 76.7 cm³/mol. The minimum absolute atomic E-state index is 0.0427. The van der Waals surface area contributed by atoms with Crippen molar-refractivity contribution >= 4 is 6.03 Å². The van der Waals surface area contributed by atoms with Crippen molar-refractivity contribution in [1.82, 2.24) is 5.32 Å². The first-order valence-electron chi connectivity index (χ1n) is 6.40. The Bertz CT molecular complexity index is 511. The fourth-order valence-corrected chi connectivity index (χ4v) is 2.13. The van der Waals surface area contributed by atoms with E-state index in [0.717, 1.165) is 18.4 Å². The number of nitrogens with one attached hydrogen (secondary N) is 1. The quantitative estimate of drug-likeness (QED) is 0.846. The van der Waals surface area contributed by atoms with E-state index in [1.165, 1.54) is 5.56 Å². The summed E-state index contributed by atoms with van der Waals surface area (Å²) in [6.07, 6.45) is 1.73. The highest BCUT2D eigenvalue weighted by molar-refractivity contribution is 5.72. The van der Waals surface area contributed by atoms with E-state index >= 15 is 0 Å². The summed E-state index contributed by atoms with van der Waals surface area (Å²) >= 11 is 0. The van der Waals surface area contributed by atoms with Crippen LogP contribution in [0.25, 0.3) is 0 Å². The number of carbonyl (C=O) groups excluding carboxylic acids is 1. The second-order valence-corrected chi connectivity index (χ2v) is 4.50. The Morgan fingerprint density at radius 2 is 1.58 bits per heavy atom. The number of hydrogen-bond acceptors (Lipinski definition) is 1. The Morgan fingerprint density at radius 1 is 1.00 bits per heavy atom. The van der Waals surface area contributed by atoms with Gasteiger partial charge in [0.05, 0.1) is 6.04 Å². The van der Waals surface area contributed by atoms with Gasteiger partial charge in [0.1, 0.15) is 0 Å². The summed E-state index contributed by atoms with van der Waals surface area (Å²) in [5.41, 5.74) is 7.59. The molecule has 0 heterocycles. The Hall–Kier alpha value is -2.29. The minimum Gasteiger partial charge on any atom is -0.352 e. The molecule has 3 heteroatoms. The molecule has 2 amide bonds. The van der Waals surface area contributed by atoms with Crippen molar-refractivity contribution < 1.29 is 4.79 Å². The molecule has 0 aliphatic heterocycles. The SMILES string of the molecule is NC(=O)N[C@@H](CCc1ccccc1)c1ccccc1. The fraction of sp³-hybridized carbons (Fsp3) is 0.188. The molecule has 0 aliphatic carbocycles. The summed E-state index contributed by atoms with van der Waals surface area (Å²) in [4.78, 5) is 11.1. The number of benzene rings is 2. The van der Waals surface area contributed by atoms with Gasteiger partial charge in [-0.1, -0.05) is 60.7 Å². The molecule has 98 valence electrons. The van der Waals surface area contributed by atoms with Gasteiger partial charge in [-0.3, -0.25) is 0 Å². The van der Waals surface area contributed by atoms with Gasteiger partial charge in [-0.2, -0.15) is 0 Å². The van der Waals surface area contributed by atoms with E-state index in [9.17, 15) is 4.79 Å². The monoisotopic (exact) mass is 254 g/mol. The average Bonchev–Trinajstić information content (AvgIpc) is 2.45. The summed E-state index contributed by atoms with van der Waals surface area (Å²) in [5, 5.41) is 2.81. The van der Waals surface area contributed by atoms with Gasteiger partial charge < -0.3 is 11.1 Å². The third-order valence-corrected chi connectivity index (χ3v) is 3.08. The molecule has 0 bridgehead atoms. The maximum atomic E-state index is 11.1. The van der Waals surface area contributed by atoms with E-state index in [4.69, 9.17) is 5.73 Å². The molecular formula is C16H18N2O. The molecule has 2 aromatic carbocycles. The van der Waals surface area contributed by atoms with Gasteiger partial charge >= 0.3 is 6.03 Å². The summed E-state index contributed by atoms with van der Waals surface area (Å²) in [6, 6.07) is 19.6. The first-order chi connectivity index (χ1) is 9.25. The zero-order valence-electron chi connectivity index (χ0n) is 10.8. The van der Waals surface area contributed by atoms with Gasteiger partial charge in [0.2, 0.25) is 0 Å². The Morgan fingerprint density at radius 3 is 2.16 bits per heavy atom. The van der Waals surface area contributed by atoms with Crippen molar-refractivity contribution in [3.8, 4) is 0 Å². The maximum absolute atomic E-state index is 11.1. The van der Waals surface area contributed by atoms with Gasteiger partial charge in [-0.05, 0) is 24.0 Å². The fourth-order valence-electron chi connectivity index (χ4n) is 2.13. The molecule has 0 saturated carbocycles. The first kappa shape index (κ1) is 13.1. The lowest BCUT2D eigenvalue weighted by Gasteiger charge is -2.18. The van der Waals surface area contributed by atoms with Crippen LogP contribution >= 0.6 is 0 Å². The standard InChI is InChI=1S/C16H18N2O/c17-16(19)18-15(14-9-5-2-6-10-14)12-11-13-7-3-1-4-8-13/h1-10,15H,11-12H2,(H3,17,18,19)/t15-/m0/s1. The summed E-state index contributed by atoms with van der Waals surface area (Å²) in [5.74, 6) is 0. The maximum Gasteiger partial charge on any atom is 0.312 e. The molecule has 0 spiro atoms. The number of rotatable bonds is 5. The van der Waals surface area contributed by atoms with E-state index in [1.807, 2.05) is 48.5 Å². The van der Waals surface area contributed by atoms with Crippen molar-refractivity contribution in [2.45, 2.75) is 18.9 Å². The smallest absolute Gasteiger partial charge is 0.312 e. The van der Waals surface area contributed by atoms with Crippen LogP contribution < -0.4 is 11.1 Å². The third-order valence-electron chi connectivity index (χ3n) is 3.08. The lowest BCUT2D eigenvalue weighted by atomic mass is 9.99. The predicted octanol–water partition coefficient (Wildman–Crippen LogP) is 3.03. The number of nitrogens with two attached hydrogens (primary N) is 1. The number of amides is 2. The molecule has 1 atom stereocenters. The molecule has 0 unspecified atom stereocenters. The van der Waals surface area contributed by atoms with E-state index in [-0.39, 0.29) is 6.04 Å². The third kappa shape index (κ3) is 4.14. The van der Waals surface area contributed by atoms with Crippen LogP contribution in [-0.4, -0.2) is 6.03 Å². The zero-order valence-corrected chi connectivity index (χ0v) is 10.8. The molecule has 3 N–H and O–H groups in total. The van der Waals surface area contributed by atoms with E-state index in [1.54, 1.807) is 0 Å². The van der Waals surface area contributed by atoms with E-state index < -0.39 is 6.03 Å². The Balaban J connectivity index is 2.04. The van der Waals surface area contributed by atoms with Crippen LogP contribution in [0, 0.1) is 0 Å². The van der Waals surface area contributed by atoms with E-state index in [0.29, 0.717) is 0 Å². The van der Waals surface area contributed by atoms with Crippen LogP contribution in [0.3, 0.4) is 0 Å².